The average molecular weight is 346 g/mol. The molecule has 0 amide bonds. The Labute approximate surface area is 133 Å². The molecule has 1 atom stereocenters. The summed E-state index contributed by atoms with van der Waals surface area (Å²) in [5.41, 5.74) is 0.392. The van der Waals surface area contributed by atoms with Gasteiger partial charge in [-0.2, -0.15) is 0 Å². The van der Waals surface area contributed by atoms with Gasteiger partial charge in [0.1, 0.15) is 0 Å². The van der Waals surface area contributed by atoms with Gasteiger partial charge in [-0.3, -0.25) is 0 Å². The number of thiophene rings is 1. The van der Waals surface area contributed by atoms with Gasteiger partial charge < -0.3 is 5.11 Å². The second kappa shape index (κ2) is 6.89. The lowest BCUT2D eigenvalue weighted by molar-refractivity contribution is 0.281. The molecule has 2 aromatic rings. The van der Waals surface area contributed by atoms with E-state index in [9.17, 15) is 13.5 Å². The molecule has 0 fully saturated rings. The molecule has 4 nitrogen and oxygen atoms in total. The summed E-state index contributed by atoms with van der Waals surface area (Å²) in [6.07, 6.45) is 0.653. The van der Waals surface area contributed by atoms with Gasteiger partial charge in [0, 0.05) is 9.90 Å². The van der Waals surface area contributed by atoms with Crippen LogP contribution < -0.4 is 4.72 Å². The Balaban J connectivity index is 2.29. The van der Waals surface area contributed by atoms with Crippen molar-refractivity contribution in [2.75, 3.05) is 0 Å². The van der Waals surface area contributed by atoms with E-state index in [0.29, 0.717) is 17.0 Å². The van der Waals surface area contributed by atoms with E-state index in [1.807, 2.05) is 24.4 Å². The first-order valence-electron chi connectivity index (χ1n) is 6.43. The minimum Gasteiger partial charge on any atom is -0.392 e. The van der Waals surface area contributed by atoms with Crippen LogP contribution in [-0.2, 0) is 16.6 Å². The van der Waals surface area contributed by atoms with E-state index in [1.54, 1.807) is 0 Å². The molecule has 2 N–H and O–H groups in total. The molecule has 0 aliphatic heterocycles. The maximum absolute atomic E-state index is 12.4. The second-order valence-electron chi connectivity index (χ2n) is 4.51. The van der Waals surface area contributed by atoms with Crippen LogP contribution in [0.25, 0.3) is 0 Å². The Bertz CT molecular complexity index is 699. The maximum atomic E-state index is 12.4. The van der Waals surface area contributed by atoms with Crippen LogP contribution in [0.15, 0.2) is 40.6 Å². The molecule has 0 radical (unpaired) electrons. The number of benzene rings is 1. The molecule has 0 saturated heterocycles. The van der Waals surface area contributed by atoms with Crippen molar-refractivity contribution in [3.63, 3.8) is 0 Å². The molecule has 114 valence electrons. The third-order valence-corrected chi connectivity index (χ3v) is 5.91. The van der Waals surface area contributed by atoms with Gasteiger partial charge >= 0.3 is 0 Å². The summed E-state index contributed by atoms with van der Waals surface area (Å²) in [7, 11) is -3.66. The monoisotopic (exact) mass is 345 g/mol. The topological polar surface area (TPSA) is 66.4 Å². The fourth-order valence-electron chi connectivity index (χ4n) is 1.93. The van der Waals surface area contributed by atoms with Crippen molar-refractivity contribution in [3.8, 4) is 0 Å². The minimum atomic E-state index is -3.66. The van der Waals surface area contributed by atoms with E-state index < -0.39 is 10.0 Å². The van der Waals surface area contributed by atoms with Gasteiger partial charge in [-0.25, -0.2) is 13.1 Å². The van der Waals surface area contributed by atoms with Crippen molar-refractivity contribution in [1.29, 1.82) is 0 Å². The Kier molecular flexibility index (Phi) is 5.40. The largest absolute Gasteiger partial charge is 0.392 e. The van der Waals surface area contributed by atoms with Gasteiger partial charge in [0.25, 0.3) is 0 Å². The molecular weight excluding hydrogens is 330 g/mol. The predicted molar refractivity (Wildman–Crippen MR) is 85.0 cm³/mol. The molecular formula is C14H16ClNO3S2. The van der Waals surface area contributed by atoms with E-state index in [-0.39, 0.29) is 17.5 Å². The van der Waals surface area contributed by atoms with E-state index >= 15 is 0 Å². The number of rotatable bonds is 6. The molecule has 0 aliphatic rings. The highest BCUT2D eigenvalue weighted by molar-refractivity contribution is 7.89. The normalized spacial score (nSPS) is 13.3. The minimum absolute atomic E-state index is 0.103. The number of aliphatic hydroxyl groups excluding tert-OH is 1. The molecule has 21 heavy (non-hydrogen) atoms. The zero-order valence-corrected chi connectivity index (χ0v) is 13.8. The van der Waals surface area contributed by atoms with Crippen molar-refractivity contribution in [2.45, 2.75) is 30.9 Å². The van der Waals surface area contributed by atoms with Crippen LogP contribution in [0.1, 0.15) is 29.8 Å². The first-order chi connectivity index (χ1) is 9.97. The van der Waals surface area contributed by atoms with E-state index in [2.05, 4.69) is 4.72 Å². The fraction of sp³-hybridized carbons (Fsp3) is 0.286. The lowest BCUT2D eigenvalue weighted by atomic mass is 10.2. The maximum Gasteiger partial charge on any atom is 0.241 e. The van der Waals surface area contributed by atoms with Gasteiger partial charge in [0.15, 0.2) is 0 Å². The molecule has 1 aromatic heterocycles. The van der Waals surface area contributed by atoms with Gasteiger partial charge in [-0.15, -0.1) is 11.3 Å². The molecule has 7 heteroatoms. The number of sulfonamides is 1. The van der Waals surface area contributed by atoms with Crippen molar-refractivity contribution in [1.82, 2.24) is 4.72 Å². The summed E-state index contributed by atoms with van der Waals surface area (Å²) in [6.45, 7) is 1.62. The van der Waals surface area contributed by atoms with Crippen LogP contribution in [0.4, 0.5) is 0 Å². The molecule has 0 bridgehead atoms. The SMILES string of the molecule is CCC(NS(=O)(=O)c1ccc(Cl)c(CO)c1)c1cccs1. The molecule has 0 saturated carbocycles. The van der Waals surface area contributed by atoms with Crippen LogP contribution in [-0.4, -0.2) is 13.5 Å². The van der Waals surface area contributed by atoms with Crippen LogP contribution in [0.3, 0.4) is 0 Å². The van der Waals surface area contributed by atoms with Crippen molar-refractivity contribution in [3.05, 3.63) is 51.2 Å². The van der Waals surface area contributed by atoms with Crippen molar-refractivity contribution < 1.29 is 13.5 Å². The third kappa shape index (κ3) is 3.84. The summed E-state index contributed by atoms with van der Waals surface area (Å²) in [4.78, 5) is 1.07. The number of aliphatic hydroxyl groups is 1. The number of nitrogens with one attached hydrogen (secondary N) is 1. The quantitative estimate of drug-likeness (QED) is 0.844. The van der Waals surface area contributed by atoms with Crippen LogP contribution in [0.5, 0.6) is 0 Å². The highest BCUT2D eigenvalue weighted by atomic mass is 35.5. The van der Waals surface area contributed by atoms with Crippen LogP contribution in [0.2, 0.25) is 5.02 Å². The van der Waals surface area contributed by atoms with E-state index in [4.69, 9.17) is 11.6 Å². The molecule has 0 spiro atoms. The Morgan fingerprint density at radius 3 is 2.71 bits per heavy atom. The summed E-state index contributed by atoms with van der Waals surface area (Å²) >= 11 is 7.40. The van der Waals surface area contributed by atoms with Gasteiger partial charge in [-0.1, -0.05) is 24.6 Å². The summed E-state index contributed by atoms with van der Waals surface area (Å²) in [6, 6.07) is 7.85. The Hall–Kier alpha value is -0.920. The molecule has 1 unspecified atom stereocenters. The van der Waals surface area contributed by atoms with Gasteiger partial charge in [0.2, 0.25) is 10.0 Å². The van der Waals surface area contributed by atoms with Gasteiger partial charge in [0.05, 0.1) is 17.5 Å². The van der Waals surface area contributed by atoms with Crippen molar-refractivity contribution in [2.24, 2.45) is 0 Å². The van der Waals surface area contributed by atoms with E-state index in [1.165, 1.54) is 29.5 Å². The summed E-state index contributed by atoms with van der Waals surface area (Å²) in [5.74, 6) is 0. The second-order valence-corrected chi connectivity index (χ2v) is 7.61. The highest BCUT2D eigenvalue weighted by Crippen LogP contribution is 2.25. The molecule has 2 rings (SSSR count). The number of halogens is 1. The number of hydrogen-bond donors (Lipinski definition) is 2. The highest BCUT2D eigenvalue weighted by Gasteiger charge is 2.21. The molecule has 1 aromatic carbocycles. The smallest absolute Gasteiger partial charge is 0.241 e. The average Bonchev–Trinajstić information content (AvgIpc) is 2.99. The number of hydrogen-bond acceptors (Lipinski definition) is 4. The first-order valence-corrected chi connectivity index (χ1v) is 9.17. The summed E-state index contributed by atoms with van der Waals surface area (Å²) in [5, 5.41) is 11.5. The van der Waals surface area contributed by atoms with Crippen molar-refractivity contribution >= 4 is 33.0 Å². The van der Waals surface area contributed by atoms with E-state index in [0.717, 1.165) is 4.88 Å². The fourth-order valence-corrected chi connectivity index (χ4v) is 4.39. The zero-order chi connectivity index (χ0) is 15.5. The molecule has 1 heterocycles. The zero-order valence-electron chi connectivity index (χ0n) is 11.4. The third-order valence-electron chi connectivity index (χ3n) is 3.09. The lowest BCUT2D eigenvalue weighted by Crippen LogP contribution is -2.28. The Morgan fingerprint density at radius 1 is 1.38 bits per heavy atom. The summed E-state index contributed by atoms with van der Waals surface area (Å²) < 4.78 is 27.6. The predicted octanol–water partition coefficient (Wildman–Crippen LogP) is 3.32. The molecule has 0 aliphatic carbocycles. The Morgan fingerprint density at radius 2 is 2.14 bits per heavy atom. The lowest BCUT2D eigenvalue weighted by Gasteiger charge is -2.16. The van der Waals surface area contributed by atoms with Crippen LogP contribution >= 0.6 is 22.9 Å². The van der Waals surface area contributed by atoms with Gasteiger partial charge in [-0.05, 0) is 41.6 Å². The standard InChI is InChI=1S/C14H16ClNO3S2/c1-2-13(14-4-3-7-20-14)16-21(18,19)11-5-6-12(15)10(8-11)9-17/h3-8,13,16-17H,2,9H2,1H3. The van der Waals surface area contributed by atoms with Crippen LogP contribution in [0, 0.1) is 0 Å². The first kappa shape index (κ1) is 16.5.